The van der Waals surface area contributed by atoms with E-state index in [4.69, 9.17) is 0 Å². The lowest BCUT2D eigenvalue weighted by Crippen LogP contribution is -2.30. The first-order valence-corrected chi connectivity index (χ1v) is 8.08. The number of nitro benzene ring substituents is 1. The van der Waals surface area contributed by atoms with E-state index in [2.05, 4.69) is 15.5 Å². The van der Waals surface area contributed by atoms with E-state index in [9.17, 15) is 14.9 Å². The van der Waals surface area contributed by atoms with Crippen molar-refractivity contribution in [2.75, 3.05) is 38.5 Å². The summed E-state index contributed by atoms with van der Waals surface area (Å²) >= 11 is 0. The van der Waals surface area contributed by atoms with Crippen molar-refractivity contribution in [3.8, 4) is 0 Å². The normalized spacial score (nSPS) is 15.7. The molecule has 1 aromatic rings. The Balaban J connectivity index is 2.00. The Morgan fingerprint density at radius 2 is 1.96 bits per heavy atom. The van der Waals surface area contributed by atoms with Crippen LogP contribution in [0.5, 0.6) is 0 Å². The molecule has 0 bridgehead atoms. The molecule has 0 spiro atoms. The van der Waals surface area contributed by atoms with Gasteiger partial charge in [-0.15, -0.1) is 0 Å². The Bertz CT molecular complexity index is 554. The minimum Gasteiger partial charge on any atom is -0.383 e. The van der Waals surface area contributed by atoms with Crippen LogP contribution in [0.2, 0.25) is 0 Å². The van der Waals surface area contributed by atoms with E-state index in [0.29, 0.717) is 17.8 Å². The molecule has 23 heavy (non-hydrogen) atoms. The topological polar surface area (TPSA) is 87.5 Å². The maximum absolute atomic E-state index is 11.9. The van der Waals surface area contributed by atoms with Gasteiger partial charge in [0.2, 0.25) is 0 Å². The fraction of sp³-hybridized carbons (Fsp3) is 0.562. The minimum absolute atomic E-state index is 0.0818. The van der Waals surface area contributed by atoms with E-state index in [1.165, 1.54) is 44.9 Å². The Morgan fingerprint density at radius 3 is 2.57 bits per heavy atom. The standard InChI is InChI=1S/C16H24N4O3/c1-17-16(21)14-12-13(20(22)23)6-7-15(14)18-8-11-19-9-4-2-3-5-10-19/h6-7,12,18H,2-5,8-11H2,1H3,(H,17,21). The molecule has 7 nitrogen and oxygen atoms in total. The zero-order valence-corrected chi connectivity index (χ0v) is 13.5. The van der Waals surface area contributed by atoms with Crippen LogP contribution in [0.15, 0.2) is 18.2 Å². The average Bonchev–Trinajstić information content (AvgIpc) is 2.83. The lowest BCUT2D eigenvalue weighted by atomic mass is 10.1. The summed E-state index contributed by atoms with van der Waals surface area (Å²) in [5.41, 5.74) is 0.851. The Hall–Kier alpha value is -2.15. The van der Waals surface area contributed by atoms with Crippen molar-refractivity contribution in [2.24, 2.45) is 0 Å². The fourth-order valence-corrected chi connectivity index (χ4v) is 2.83. The van der Waals surface area contributed by atoms with Crippen molar-refractivity contribution >= 4 is 17.3 Å². The number of likely N-dealkylation sites (tertiary alicyclic amines) is 1. The molecular formula is C16H24N4O3. The molecule has 1 aliphatic rings. The molecule has 0 aliphatic carbocycles. The van der Waals surface area contributed by atoms with Crippen LogP contribution in [-0.2, 0) is 0 Å². The van der Waals surface area contributed by atoms with Crippen molar-refractivity contribution in [1.82, 2.24) is 10.2 Å². The monoisotopic (exact) mass is 320 g/mol. The molecule has 1 amide bonds. The second kappa shape index (κ2) is 8.47. The summed E-state index contributed by atoms with van der Waals surface area (Å²) in [7, 11) is 1.52. The molecule has 126 valence electrons. The van der Waals surface area contributed by atoms with Gasteiger partial charge < -0.3 is 15.5 Å². The average molecular weight is 320 g/mol. The number of benzene rings is 1. The van der Waals surface area contributed by atoms with Crippen LogP contribution in [0.1, 0.15) is 36.0 Å². The summed E-state index contributed by atoms with van der Waals surface area (Å²) in [6, 6.07) is 4.33. The zero-order valence-electron chi connectivity index (χ0n) is 13.5. The molecule has 1 aliphatic heterocycles. The minimum atomic E-state index is -0.493. The SMILES string of the molecule is CNC(=O)c1cc([N+](=O)[O-])ccc1NCCN1CCCCCC1. The number of hydrogen-bond acceptors (Lipinski definition) is 5. The van der Waals surface area contributed by atoms with Gasteiger partial charge in [-0.05, 0) is 32.0 Å². The number of carbonyl (C=O) groups excluding carboxylic acids is 1. The van der Waals surface area contributed by atoms with Crippen molar-refractivity contribution < 1.29 is 9.72 Å². The highest BCUT2D eigenvalue weighted by molar-refractivity contribution is 6.00. The van der Waals surface area contributed by atoms with E-state index >= 15 is 0 Å². The van der Waals surface area contributed by atoms with Crippen LogP contribution in [0.3, 0.4) is 0 Å². The maximum atomic E-state index is 11.9. The number of nitro groups is 1. The fourth-order valence-electron chi connectivity index (χ4n) is 2.83. The van der Waals surface area contributed by atoms with Crippen LogP contribution < -0.4 is 10.6 Å². The molecule has 1 fully saturated rings. The number of non-ortho nitro benzene ring substituents is 1. The van der Waals surface area contributed by atoms with Gasteiger partial charge in [-0.25, -0.2) is 0 Å². The van der Waals surface area contributed by atoms with Gasteiger partial charge in [-0.3, -0.25) is 14.9 Å². The summed E-state index contributed by atoms with van der Waals surface area (Å²) in [5, 5.41) is 16.6. The molecule has 7 heteroatoms. The van der Waals surface area contributed by atoms with Gasteiger partial charge in [0.15, 0.2) is 0 Å². The summed E-state index contributed by atoms with van der Waals surface area (Å²) in [5.74, 6) is -0.328. The molecular weight excluding hydrogens is 296 g/mol. The first kappa shape index (κ1) is 17.2. The third-order valence-electron chi connectivity index (χ3n) is 4.13. The largest absolute Gasteiger partial charge is 0.383 e. The number of amides is 1. The van der Waals surface area contributed by atoms with Crippen molar-refractivity contribution in [1.29, 1.82) is 0 Å². The van der Waals surface area contributed by atoms with Gasteiger partial charge in [0, 0.05) is 38.0 Å². The van der Waals surface area contributed by atoms with E-state index in [-0.39, 0.29) is 11.6 Å². The second-order valence-electron chi connectivity index (χ2n) is 5.75. The molecule has 1 saturated heterocycles. The van der Waals surface area contributed by atoms with Crippen LogP contribution >= 0.6 is 0 Å². The molecule has 0 radical (unpaired) electrons. The van der Waals surface area contributed by atoms with E-state index in [0.717, 1.165) is 19.6 Å². The van der Waals surface area contributed by atoms with Gasteiger partial charge in [0.05, 0.1) is 10.5 Å². The Morgan fingerprint density at radius 1 is 1.26 bits per heavy atom. The predicted octanol–water partition coefficient (Wildman–Crippen LogP) is 2.24. The maximum Gasteiger partial charge on any atom is 0.270 e. The molecule has 1 heterocycles. The van der Waals surface area contributed by atoms with Crippen molar-refractivity contribution in [3.63, 3.8) is 0 Å². The molecule has 0 saturated carbocycles. The molecule has 1 aromatic carbocycles. The Labute approximate surface area is 136 Å². The predicted molar refractivity (Wildman–Crippen MR) is 89.9 cm³/mol. The Kier molecular flexibility index (Phi) is 6.34. The number of nitrogens with zero attached hydrogens (tertiary/aromatic N) is 2. The van der Waals surface area contributed by atoms with E-state index in [1.54, 1.807) is 6.07 Å². The number of nitrogens with one attached hydrogen (secondary N) is 2. The van der Waals surface area contributed by atoms with Crippen LogP contribution in [0.25, 0.3) is 0 Å². The van der Waals surface area contributed by atoms with Crippen molar-refractivity contribution in [2.45, 2.75) is 25.7 Å². The van der Waals surface area contributed by atoms with E-state index in [1.807, 2.05) is 0 Å². The van der Waals surface area contributed by atoms with Crippen molar-refractivity contribution in [3.05, 3.63) is 33.9 Å². The van der Waals surface area contributed by atoms with Gasteiger partial charge in [0.25, 0.3) is 11.6 Å². The lowest BCUT2D eigenvalue weighted by Gasteiger charge is -2.20. The number of anilines is 1. The summed E-state index contributed by atoms with van der Waals surface area (Å²) in [4.78, 5) is 24.7. The smallest absolute Gasteiger partial charge is 0.270 e. The lowest BCUT2D eigenvalue weighted by molar-refractivity contribution is -0.384. The molecule has 2 N–H and O–H groups in total. The first-order valence-electron chi connectivity index (χ1n) is 8.08. The molecule has 0 unspecified atom stereocenters. The number of hydrogen-bond donors (Lipinski definition) is 2. The molecule has 0 aromatic heterocycles. The van der Waals surface area contributed by atoms with Gasteiger partial charge in [0.1, 0.15) is 0 Å². The van der Waals surface area contributed by atoms with E-state index < -0.39 is 4.92 Å². The highest BCUT2D eigenvalue weighted by atomic mass is 16.6. The van der Waals surface area contributed by atoms with Crippen LogP contribution in [-0.4, -0.2) is 49.0 Å². The van der Waals surface area contributed by atoms with Gasteiger partial charge in [-0.2, -0.15) is 0 Å². The molecule has 0 atom stereocenters. The summed E-state index contributed by atoms with van der Waals surface area (Å²) in [6.07, 6.45) is 5.07. The third kappa shape index (κ3) is 4.92. The number of carbonyl (C=O) groups is 1. The van der Waals surface area contributed by atoms with Crippen LogP contribution in [0.4, 0.5) is 11.4 Å². The summed E-state index contributed by atoms with van der Waals surface area (Å²) in [6.45, 7) is 3.85. The third-order valence-corrected chi connectivity index (χ3v) is 4.13. The van der Waals surface area contributed by atoms with Gasteiger partial charge in [-0.1, -0.05) is 12.8 Å². The quantitative estimate of drug-likeness (QED) is 0.620. The highest BCUT2D eigenvalue weighted by Gasteiger charge is 2.16. The number of rotatable bonds is 6. The second-order valence-corrected chi connectivity index (χ2v) is 5.75. The highest BCUT2D eigenvalue weighted by Crippen LogP contribution is 2.22. The zero-order chi connectivity index (χ0) is 16.7. The summed E-state index contributed by atoms with van der Waals surface area (Å²) < 4.78 is 0. The first-order chi connectivity index (χ1) is 11.1. The van der Waals surface area contributed by atoms with Crippen LogP contribution in [0, 0.1) is 10.1 Å². The van der Waals surface area contributed by atoms with Gasteiger partial charge >= 0.3 is 0 Å². The molecule has 2 rings (SSSR count).